The molecule has 1 atom stereocenters. The number of carbonyl (C=O) groups is 1. The summed E-state index contributed by atoms with van der Waals surface area (Å²) in [5.41, 5.74) is 0. The first-order valence-electron chi connectivity index (χ1n) is 6.54. The van der Waals surface area contributed by atoms with E-state index in [1.807, 2.05) is 13.8 Å². The average Bonchev–Trinajstić information content (AvgIpc) is 2.25. The van der Waals surface area contributed by atoms with Crippen LogP contribution in [0.3, 0.4) is 0 Å². The molecular formula is C13H28N2O2. The Morgan fingerprint density at radius 1 is 1.12 bits per heavy atom. The Bertz CT molecular complexity index is 206. The van der Waals surface area contributed by atoms with E-state index < -0.39 is 0 Å². The summed E-state index contributed by atoms with van der Waals surface area (Å²) in [6.45, 7) is 9.36. The second-order valence-corrected chi connectivity index (χ2v) is 5.00. The van der Waals surface area contributed by atoms with Crippen molar-refractivity contribution in [2.24, 2.45) is 0 Å². The van der Waals surface area contributed by atoms with Crippen LogP contribution in [0.15, 0.2) is 0 Å². The summed E-state index contributed by atoms with van der Waals surface area (Å²) >= 11 is 0. The fraction of sp³-hybridized carbons (Fsp3) is 0.923. The Morgan fingerprint density at radius 2 is 1.76 bits per heavy atom. The van der Waals surface area contributed by atoms with Crippen molar-refractivity contribution in [3.63, 3.8) is 0 Å². The zero-order valence-electron chi connectivity index (χ0n) is 11.9. The van der Waals surface area contributed by atoms with E-state index in [4.69, 9.17) is 4.74 Å². The van der Waals surface area contributed by atoms with Gasteiger partial charge in [0.1, 0.15) is 6.04 Å². The Hall–Kier alpha value is -0.610. The number of ether oxygens (including phenoxy) is 1. The molecule has 0 fully saturated rings. The van der Waals surface area contributed by atoms with E-state index in [2.05, 4.69) is 24.5 Å². The van der Waals surface area contributed by atoms with Crippen LogP contribution >= 0.6 is 0 Å². The summed E-state index contributed by atoms with van der Waals surface area (Å²) in [5, 5.41) is 6.60. The zero-order chi connectivity index (χ0) is 13.3. The summed E-state index contributed by atoms with van der Waals surface area (Å²) in [6.07, 6.45) is 2.95. The second kappa shape index (κ2) is 9.42. The molecule has 0 aliphatic rings. The standard InChI is InChI=1S/C13H28N2O2/c1-10(2)14-9-7-6-8-12(13(16)17-5)15-11(3)4/h10-12,14-15H,6-9H2,1-5H3/t12-/m1/s1. The molecule has 0 aromatic heterocycles. The zero-order valence-corrected chi connectivity index (χ0v) is 11.9. The summed E-state index contributed by atoms with van der Waals surface area (Å²) in [4.78, 5) is 11.5. The van der Waals surface area contributed by atoms with Crippen LogP contribution in [-0.4, -0.2) is 37.7 Å². The number of hydrogen-bond acceptors (Lipinski definition) is 4. The van der Waals surface area contributed by atoms with Crippen molar-refractivity contribution >= 4 is 5.97 Å². The van der Waals surface area contributed by atoms with Gasteiger partial charge in [-0.2, -0.15) is 0 Å². The van der Waals surface area contributed by atoms with Crippen molar-refractivity contribution in [1.29, 1.82) is 0 Å². The lowest BCUT2D eigenvalue weighted by Crippen LogP contribution is -2.41. The van der Waals surface area contributed by atoms with Crippen LogP contribution < -0.4 is 10.6 Å². The molecule has 4 heteroatoms. The van der Waals surface area contributed by atoms with Gasteiger partial charge in [0.05, 0.1) is 7.11 Å². The van der Waals surface area contributed by atoms with Crippen LogP contribution in [0.25, 0.3) is 0 Å². The summed E-state index contributed by atoms with van der Waals surface area (Å²) in [7, 11) is 1.44. The number of unbranched alkanes of at least 4 members (excludes halogenated alkanes) is 1. The largest absolute Gasteiger partial charge is 0.468 e. The van der Waals surface area contributed by atoms with Crippen molar-refractivity contribution in [3.05, 3.63) is 0 Å². The van der Waals surface area contributed by atoms with Gasteiger partial charge in [-0.15, -0.1) is 0 Å². The van der Waals surface area contributed by atoms with E-state index in [-0.39, 0.29) is 12.0 Å². The first-order chi connectivity index (χ1) is 7.97. The molecule has 0 aliphatic carbocycles. The van der Waals surface area contributed by atoms with Gasteiger partial charge in [-0.25, -0.2) is 0 Å². The summed E-state index contributed by atoms with van der Waals surface area (Å²) < 4.78 is 4.79. The van der Waals surface area contributed by atoms with E-state index >= 15 is 0 Å². The SMILES string of the molecule is COC(=O)[C@@H](CCCCNC(C)C)NC(C)C. The number of hydrogen-bond donors (Lipinski definition) is 2. The lowest BCUT2D eigenvalue weighted by atomic mass is 10.1. The van der Waals surface area contributed by atoms with Gasteiger partial charge in [-0.1, -0.05) is 34.1 Å². The molecule has 0 unspecified atom stereocenters. The number of rotatable bonds is 9. The lowest BCUT2D eigenvalue weighted by molar-refractivity contribution is -0.143. The number of esters is 1. The molecule has 0 heterocycles. The Labute approximate surface area is 105 Å². The van der Waals surface area contributed by atoms with E-state index in [9.17, 15) is 4.79 Å². The maximum absolute atomic E-state index is 11.5. The van der Waals surface area contributed by atoms with Gasteiger partial charge in [-0.05, 0) is 19.4 Å². The minimum Gasteiger partial charge on any atom is -0.468 e. The summed E-state index contributed by atoms with van der Waals surface area (Å²) in [5.74, 6) is -0.157. The molecule has 0 aromatic rings. The first-order valence-corrected chi connectivity index (χ1v) is 6.54. The molecule has 102 valence electrons. The maximum Gasteiger partial charge on any atom is 0.322 e. The van der Waals surface area contributed by atoms with E-state index in [1.54, 1.807) is 0 Å². The topological polar surface area (TPSA) is 50.4 Å². The monoisotopic (exact) mass is 244 g/mol. The first kappa shape index (κ1) is 16.4. The van der Waals surface area contributed by atoms with Crippen molar-refractivity contribution in [3.8, 4) is 0 Å². The normalized spacial score (nSPS) is 13.1. The fourth-order valence-corrected chi connectivity index (χ4v) is 1.68. The van der Waals surface area contributed by atoms with Crippen LogP contribution in [0.5, 0.6) is 0 Å². The smallest absolute Gasteiger partial charge is 0.322 e. The lowest BCUT2D eigenvalue weighted by Gasteiger charge is -2.19. The van der Waals surface area contributed by atoms with Crippen molar-refractivity contribution < 1.29 is 9.53 Å². The van der Waals surface area contributed by atoms with Gasteiger partial charge in [-0.3, -0.25) is 4.79 Å². The molecule has 0 amide bonds. The van der Waals surface area contributed by atoms with Crippen LogP contribution in [0.4, 0.5) is 0 Å². The fourth-order valence-electron chi connectivity index (χ4n) is 1.68. The van der Waals surface area contributed by atoms with E-state index in [1.165, 1.54) is 7.11 Å². The molecule has 0 saturated heterocycles. The molecule has 0 saturated carbocycles. The van der Waals surface area contributed by atoms with Gasteiger partial charge in [0.15, 0.2) is 0 Å². The van der Waals surface area contributed by atoms with Crippen molar-refractivity contribution in [2.45, 2.75) is 65.1 Å². The Morgan fingerprint density at radius 3 is 2.24 bits per heavy atom. The Balaban J connectivity index is 3.80. The second-order valence-electron chi connectivity index (χ2n) is 5.00. The molecule has 4 nitrogen and oxygen atoms in total. The molecule has 0 rings (SSSR count). The number of nitrogens with one attached hydrogen (secondary N) is 2. The highest BCUT2D eigenvalue weighted by molar-refractivity contribution is 5.75. The molecule has 0 aliphatic heterocycles. The van der Waals surface area contributed by atoms with Crippen molar-refractivity contribution in [1.82, 2.24) is 10.6 Å². The number of carbonyl (C=O) groups excluding carboxylic acids is 1. The molecule has 0 bridgehead atoms. The molecule has 0 aromatic carbocycles. The predicted octanol–water partition coefficient (Wildman–Crippen LogP) is 1.69. The van der Waals surface area contributed by atoms with Gasteiger partial charge >= 0.3 is 5.97 Å². The average molecular weight is 244 g/mol. The third-order valence-corrected chi connectivity index (χ3v) is 2.49. The summed E-state index contributed by atoms with van der Waals surface area (Å²) in [6, 6.07) is 0.659. The van der Waals surface area contributed by atoms with Crippen LogP contribution in [0, 0.1) is 0 Å². The van der Waals surface area contributed by atoms with E-state index in [0.717, 1.165) is 25.8 Å². The van der Waals surface area contributed by atoms with Gasteiger partial charge in [0.25, 0.3) is 0 Å². The van der Waals surface area contributed by atoms with Crippen LogP contribution in [-0.2, 0) is 9.53 Å². The highest BCUT2D eigenvalue weighted by Gasteiger charge is 2.18. The molecular weight excluding hydrogens is 216 g/mol. The quantitative estimate of drug-likeness (QED) is 0.479. The minimum atomic E-state index is -0.168. The predicted molar refractivity (Wildman–Crippen MR) is 71.1 cm³/mol. The third-order valence-electron chi connectivity index (χ3n) is 2.49. The van der Waals surface area contributed by atoms with Gasteiger partial charge in [0, 0.05) is 12.1 Å². The Kier molecular flexibility index (Phi) is 9.09. The highest BCUT2D eigenvalue weighted by Crippen LogP contribution is 2.04. The van der Waals surface area contributed by atoms with Crippen LogP contribution in [0.1, 0.15) is 47.0 Å². The van der Waals surface area contributed by atoms with Crippen LogP contribution in [0.2, 0.25) is 0 Å². The van der Waals surface area contributed by atoms with Gasteiger partial charge in [0.2, 0.25) is 0 Å². The number of methoxy groups -OCH3 is 1. The molecule has 17 heavy (non-hydrogen) atoms. The molecule has 0 radical (unpaired) electrons. The minimum absolute atomic E-state index is 0.157. The molecule has 0 spiro atoms. The van der Waals surface area contributed by atoms with Gasteiger partial charge < -0.3 is 15.4 Å². The van der Waals surface area contributed by atoms with Crippen molar-refractivity contribution in [2.75, 3.05) is 13.7 Å². The molecule has 2 N–H and O–H groups in total. The maximum atomic E-state index is 11.5. The highest BCUT2D eigenvalue weighted by atomic mass is 16.5. The third kappa shape index (κ3) is 9.12. The van der Waals surface area contributed by atoms with E-state index in [0.29, 0.717) is 12.1 Å².